The van der Waals surface area contributed by atoms with E-state index < -0.39 is 17.4 Å². The summed E-state index contributed by atoms with van der Waals surface area (Å²) in [6.07, 6.45) is 2.48. The second kappa shape index (κ2) is 6.02. The molecule has 0 saturated carbocycles. The van der Waals surface area contributed by atoms with E-state index in [1.165, 1.54) is 11.9 Å². The van der Waals surface area contributed by atoms with Gasteiger partial charge in [0.1, 0.15) is 17.9 Å². The molecular weight excluding hydrogens is 342 g/mol. The van der Waals surface area contributed by atoms with Crippen molar-refractivity contribution < 1.29 is 19.7 Å². The molecule has 0 aromatic heterocycles. The van der Waals surface area contributed by atoms with E-state index >= 15 is 0 Å². The Morgan fingerprint density at radius 2 is 1.93 bits per heavy atom. The van der Waals surface area contributed by atoms with Crippen LogP contribution in [0.4, 0.5) is 5.69 Å². The zero-order valence-electron chi connectivity index (χ0n) is 16.0. The Balaban J connectivity index is 1.91. The highest BCUT2D eigenvalue weighted by Gasteiger charge is 2.74. The molecule has 4 atom stereocenters. The van der Waals surface area contributed by atoms with E-state index in [1.807, 2.05) is 29.6 Å². The molecule has 0 aliphatic carbocycles. The van der Waals surface area contributed by atoms with Crippen LogP contribution in [0.1, 0.15) is 25.8 Å². The van der Waals surface area contributed by atoms with Crippen LogP contribution in [0.2, 0.25) is 0 Å². The maximum Gasteiger partial charge on any atom is 0.294 e. The number of hydrogen-bond donors (Lipinski definition) is 1. The van der Waals surface area contributed by atoms with Gasteiger partial charge in [0.05, 0.1) is 5.69 Å². The number of fused-ring (bicyclic) bond motifs is 4. The van der Waals surface area contributed by atoms with Crippen LogP contribution in [0.3, 0.4) is 0 Å². The van der Waals surface area contributed by atoms with Crippen molar-refractivity contribution >= 4 is 23.4 Å². The summed E-state index contributed by atoms with van der Waals surface area (Å²) in [5, 5.41) is 2.02. The van der Waals surface area contributed by atoms with Crippen molar-refractivity contribution in [2.75, 3.05) is 18.5 Å². The Labute approximate surface area is 159 Å². The number of nitrogens with zero attached hydrogens (tertiary/aromatic N) is 2. The first-order valence-electron chi connectivity index (χ1n) is 9.54. The number of para-hydroxylation sites is 1. The fraction of sp³-hybridized carbons (Fsp3) is 0.476. The summed E-state index contributed by atoms with van der Waals surface area (Å²) >= 11 is 0. The summed E-state index contributed by atoms with van der Waals surface area (Å²) in [6.45, 7) is 8.37. The Morgan fingerprint density at radius 1 is 1.22 bits per heavy atom. The highest BCUT2D eigenvalue weighted by Crippen LogP contribution is 2.51. The van der Waals surface area contributed by atoms with Crippen molar-refractivity contribution in [2.45, 2.75) is 31.8 Å². The van der Waals surface area contributed by atoms with E-state index in [1.54, 1.807) is 11.0 Å². The number of carbonyl (C=O) groups is 3. The molecule has 2 N–H and O–H groups in total. The number of quaternary nitrogens is 1. The van der Waals surface area contributed by atoms with Gasteiger partial charge in [-0.15, -0.1) is 6.58 Å². The fourth-order valence-corrected chi connectivity index (χ4v) is 5.33. The van der Waals surface area contributed by atoms with Crippen molar-refractivity contribution in [1.29, 1.82) is 0 Å². The molecular formula is C21H26N3O3+. The van der Waals surface area contributed by atoms with Crippen LogP contribution in [0, 0.1) is 17.8 Å². The number of anilines is 1. The zero-order valence-corrected chi connectivity index (χ0v) is 16.0. The van der Waals surface area contributed by atoms with E-state index in [4.69, 9.17) is 0 Å². The molecule has 2 saturated heterocycles. The summed E-state index contributed by atoms with van der Waals surface area (Å²) in [7, 11) is 1.54. The van der Waals surface area contributed by atoms with Gasteiger partial charge in [0.2, 0.25) is 17.4 Å². The number of hydrogen-bond acceptors (Lipinski definition) is 3. The van der Waals surface area contributed by atoms with E-state index in [0.717, 1.165) is 17.7 Å². The van der Waals surface area contributed by atoms with E-state index in [0.29, 0.717) is 12.5 Å². The van der Waals surface area contributed by atoms with Gasteiger partial charge in [0.15, 0.2) is 0 Å². The number of imide groups is 1. The largest absolute Gasteiger partial charge is 0.326 e. The lowest BCUT2D eigenvalue weighted by Gasteiger charge is -2.26. The van der Waals surface area contributed by atoms with Crippen LogP contribution in [0.25, 0.3) is 0 Å². The molecule has 27 heavy (non-hydrogen) atoms. The van der Waals surface area contributed by atoms with Gasteiger partial charge in [-0.3, -0.25) is 19.3 Å². The normalized spacial score (nSPS) is 32.0. The summed E-state index contributed by atoms with van der Waals surface area (Å²) in [4.78, 5) is 42.6. The van der Waals surface area contributed by atoms with Crippen LogP contribution in [0.15, 0.2) is 36.9 Å². The fourth-order valence-electron chi connectivity index (χ4n) is 5.33. The molecule has 1 spiro atoms. The van der Waals surface area contributed by atoms with Crippen LogP contribution >= 0.6 is 0 Å². The molecule has 6 nitrogen and oxygen atoms in total. The third-order valence-corrected chi connectivity index (χ3v) is 6.30. The molecule has 142 valence electrons. The molecule has 0 bridgehead atoms. The number of carbonyl (C=O) groups excluding carboxylic acids is 3. The summed E-state index contributed by atoms with van der Waals surface area (Å²) in [6, 6.07) is 7.55. The van der Waals surface area contributed by atoms with Crippen molar-refractivity contribution in [1.82, 2.24) is 4.90 Å². The third-order valence-electron chi connectivity index (χ3n) is 6.30. The van der Waals surface area contributed by atoms with Crippen LogP contribution in [-0.2, 0) is 19.9 Å². The Bertz CT molecular complexity index is 849. The standard InChI is InChI=1S/C21H25N3O3/c1-5-10-24-15-9-7-6-8-13(15)21(20(24)27)17-16(14(22-21)11-12(2)3)18(25)23(4)19(17)26/h5-9,12,14,16-17,22H,1,10-11H2,2-4H3/p+1/t14-,16+,17+,21+/m1/s1. The summed E-state index contributed by atoms with van der Waals surface area (Å²) in [5.41, 5.74) is 0.605. The molecule has 4 rings (SSSR count). The minimum absolute atomic E-state index is 0.0860. The van der Waals surface area contributed by atoms with Gasteiger partial charge in [0, 0.05) is 25.6 Å². The smallest absolute Gasteiger partial charge is 0.294 e. The molecule has 1 aromatic carbocycles. The number of nitrogens with two attached hydrogens (primary N) is 1. The molecule has 3 aliphatic heterocycles. The topological polar surface area (TPSA) is 74.3 Å². The highest BCUT2D eigenvalue weighted by atomic mass is 16.2. The number of benzene rings is 1. The first kappa shape index (κ1) is 17.9. The third kappa shape index (κ3) is 2.19. The molecule has 0 radical (unpaired) electrons. The predicted molar refractivity (Wildman–Crippen MR) is 101 cm³/mol. The van der Waals surface area contributed by atoms with Crippen molar-refractivity contribution in [3.8, 4) is 0 Å². The summed E-state index contributed by atoms with van der Waals surface area (Å²) in [5.74, 6) is -1.24. The average Bonchev–Trinajstić information content (AvgIpc) is 3.17. The minimum atomic E-state index is -1.05. The SMILES string of the molecule is C=CCN1C(=O)[C@]2([NH2+][C@H](CC(C)C)[C@@H]3C(=O)N(C)C(=O)[C@H]32)c2ccccc21. The average molecular weight is 368 g/mol. The second-order valence-electron chi connectivity index (χ2n) is 8.29. The lowest BCUT2D eigenvalue weighted by Crippen LogP contribution is -2.99. The molecule has 3 heterocycles. The predicted octanol–water partition coefficient (Wildman–Crippen LogP) is 0.637. The molecule has 3 amide bonds. The first-order valence-corrected chi connectivity index (χ1v) is 9.54. The quantitative estimate of drug-likeness (QED) is 0.626. The molecule has 6 heteroatoms. The van der Waals surface area contributed by atoms with Gasteiger partial charge in [0.25, 0.3) is 5.91 Å². The first-order chi connectivity index (χ1) is 12.8. The van der Waals surface area contributed by atoms with Crippen LogP contribution in [0.5, 0.6) is 0 Å². The molecule has 0 unspecified atom stereocenters. The maximum atomic E-state index is 13.7. The van der Waals surface area contributed by atoms with Gasteiger partial charge in [-0.25, -0.2) is 0 Å². The van der Waals surface area contributed by atoms with Gasteiger partial charge in [-0.1, -0.05) is 38.1 Å². The number of rotatable bonds is 4. The maximum absolute atomic E-state index is 13.7. The van der Waals surface area contributed by atoms with E-state index in [9.17, 15) is 14.4 Å². The minimum Gasteiger partial charge on any atom is -0.326 e. The monoisotopic (exact) mass is 368 g/mol. The molecule has 1 aromatic rings. The Hall–Kier alpha value is -2.47. The van der Waals surface area contributed by atoms with E-state index in [2.05, 4.69) is 20.4 Å². The van der Waals surface area contributed by atoms with Gasteiger partial charge in [-0.2, -0.15) is 0 Å². The van der Waals surface area contributed by atoms with Gasteiger partial charge < -0.3 is 10.2 Å². The number of likely N-dealkylation sites (tertiary alicyclic amines) is 1. The highest BCUT2D eigenvalue weighted by molar-refractivity contribution is 6.14. The molecule has 3 aliphatic rings. The van der Waals surface area contributed by atoms with Crippen molar-refractivity contribution in [2.24, 2.45) is 17.8 Å². The van der Waals surface area contributed by atoms with Crippen molar-refractivity contribution in [3.05, 3.63) is 42.5 Å². The zero-order chi connectivity index (χ0) is 19.5. The Morgan fingerprint density at radius 3 is 2.59 bits per heavy atom. The van der Waals surface area contributed by atoms with Gasteiger partial charge >= 0.3 is 0 Å². The Kier molecular flexibility index (Phi) is 4.00. The lowest BCUT2D eigenvalue weighted by molar-refractivity contribution is -0.734. The molecule has 2 fully saturated rings. The van der Waals surface area contributed by atoms with Crippen LogP contribution in [-0.4, -0.2) is 42.3 Å². The van der Waals surface area contributed by atoms with Crippen LogP contribution < -0.4 is 10.2 Å². The number of amides is 3. The lowest BCUT2D eigenvalue weighted by atomic mass is 9.76. The second-order valence-corrected chi connectivity index (χ2v) is 8.29. The summed E-state index contributed by atoms with van der Waals surface area (Å²) < 4.78 is 0. The van der Waals surface area contributed by atoms with Crippen molar-refractivity contribution in [3.63, 3.8) is 0 Å². The van der Waals surface area contributed by atoms with E-state index in [-0.39, 0.29) is 23.8 Å². The van der Waals surface area contributed by atoms with Gasteiger partial charge in [-0.05, 0) is 12.0 Å².